The van der Waals surface area contributed by atoms with E-state index in [2.05, 4.69) is 41.3 Å². The summed E-state index contributed by atoms with van der Waals surface area (Å²) in [6.45, 7) is 1.56. The third-order valence-electron chi connectivity index (χ3n) is 5.23. The lowest BCUT2D eigenvalue weighted by molar-refractivity contribution is 0.0694. The number of hydrogen-bond donors (Lipinski definition) is 2. The number of benzene rings is 4. The topological polar surface area (TPSA) is 60.8 Å². The Morgan fingerprint density at radius 1 is 0.677 bits per heavy atom. The smallest absolute Gasteiger partial charge is 0.339 e. The van der Waals surface area contributed by atoms with Crippen molar-refractivity contribution < 1.29 is 15.0 Å². The summed E-state index contributed by atoms with van der Waals surface area (Å²) < 4.78 is 0. The molecule has 4 heteroatoms. The molecule has 0 unspecified atom stereocenters. The van der Waals surface area contributed by atoms with Crippen molar-refractivity contribution in [2.24, 2.45) is 0 Å². The Morgan fingerprint density at radius 2 is 1.19 bits per heavy atom. The number of aromatic carboxylic acids is 1. The van der Waals surface area contributed by atoms with Gasteiger partial charge in [0.05, 0.1) is 0 Å². The molecule has 4 rings (SSSR count). The zero-order valence-electron chi connectivity index (χ0n) is 17.0. The van der Waals surface area contributed by atoms with Crippen molar-refractivity contribution in [2.75, 3.05) is 4.90 Å². The molecule has 154 valence electrons. The fourth-order valence-electron chi connectivity index (χ4n) is 3.60. The van der Waals surface area contributed by atoms with Crippen LogP contribution in [0.3, 0.4) is 0 Å². The lowest BCUT2D eigenvalue weighted by Gasteiger charge is -2.25. The SMILES string of the molecule is O=C(O)c1ccc(-c2ccc(N(Cc3ccccc3)Cc3ccccc3)cc2)cc1O. The van der Waals surface area contributed by atoms with Crippen LogP contribution in [-0.4, -0.2) is 16.2 Å². The predicted molar refractivity (Wildman–Crippen MR) is 123 cm³/mol. The molecule has 0 heterocycles. The highest BCUT2D eigenvalue weighted by atomic mass is 16.4. The van der Waals surface area contributed by atoms with Gasteiger partial charge in [-0.25, -0.2) is 4.79 Å². The van der Waals surface area contributed by atoms with Crippen molar-refractivity contribution in [2.45, 2.75) is 13.1 Å². The third-order valence-corrected chi connectivity index (χ3v) is 5.23. The highest BCUT2D eigenvalue weighted by molar-refractivity contribution is 5.91. The van der Waals surface area contributed by atoms with E-state index in [0.29, 0.717) is 0 Å². The zero-order chi connectivity index (χ0) is 21.6. The molecule has 0 spiro atoms. The van der Waals surface area contributed by atoms with Crippen LogP contribution in [-0.2, 0) is 13.1 Å². The molecular weight excluding hydrogens is 386 g/mol. The summed E-state index contributed by atoms with van der Waals surface area (Å²) in [5, 5.41) is 19.1. The third kappa shape index (κ3) is 4.93. The van der Waals surface area contributed by atoms with Crippen molar-refractivity contribution in [3.63, 3.8) is 0 Å². The van der Waals surface area contributed by atoms with Gasteiger partial charge in [-0.1, -0.05) is 78.9 Å². The van der Waals surface area contributed by atoms with Crippen LogP contribution in [0.1, 0.15) is 21.5 Å². The first-order valence-electron chi connectivity index (χ1n) is 10.1. The molecule has 0 amide bonds. The van der Waals surface area contributed by atoms with Crippen LogP contribution in [0.25, 0.3) is 11.1 Å². The van der Waals surface area contributed by atoms with Gasteiger partial charge in [-0.3, -0.25) is 0 Å². The summed E-state index contributed by atoms with van der Waals surface area (Å²) in [5.41, 5.74) is 5.13. The highest BCUT2D eigenvalue weighted by Gasteiger charge is 2.12. The van der Waals surface area contributed by atoms with Crippen LogP contribution in [0.15, 0.2) is 103 Å². The molecular formula is C27H23NO3. The minimum Gasteiger partial charge on any atom is -0.507 e. The molecule has 0 saturated heterocycles. The Labute approximate surface area is 181 Å². The van der Waals surface area contributed by atoms with Gasteiger partial charge in [0.25, 0.3) is 0 Å². The van der Waals surface area contributed by atoms with Crippen molar-refractivity contribution in [1.29, 1.82) is 0 Å². The Hall–Kier alpha value is -4.05. The fraction of sp³-hybridized carbons (Fsp3) is 0.0741. The lowest BCUT2D eigenvalue weighted by atomic mass is 10.0. The van der Waals surface area contributed by atoms with Gasteiger partial charge in [-0.15, -0.1) is 0 Å². The van der Waals surface area contributed by atoms with E-state index < -0.39 is 5.97 Å². The van der Waals surface area contributed by atoms with Gasteiger partial charge in [0, 0.05) is 18.8 Å². The molecule has 31 heavy (non-hydrogen) atoms. The van der Waals surface area contributed by atoms with Crippen molar-refractivity contribution >= 4 is 11.7 Å². The normalized spacial score (nSPS) is 10.6. The van der Waals surface area contributed by atoms with Gasteiger partial charge in [0.1, 0.15) is 11.3 Å². The molecule has 4 aromatic carbocycles. The summed E-state index contributed by atoms with van der Waals surface area (Å²) in [5.74, 6) is -1.37. The van der Waals surface area contributed by atoms with E-state index in [1.165, 1.54) is 23.3 Å². The van der Waals surface area contributed by atoms with Crippen LogP contribution in [0, 0.1) is 0 Å². The second-order valence-corrected chi connectivity index (χ2v) is 7.41. The molecule has 4 nitrogen and oxygen atoms in total. The van der Waals surface area contributed by atoms with Crippen molar-refractivity contribution in [1.82, 2.24) is 0 Å². The summed E-state index contributed by atoms with van der Waals surface area (Å²) in [7, 11) is 0. The second-order valence-electron chi connectivity index (χ2n) is 7.41. The monoisotopic (exact) mass is 409 g/mol. The summed E-state index contributed by atoms with van der Waals surface area (Å²) in [6, 6.07) is 33.5. The van der Waals surface area contributed by atoms with Gasteiger partial charge in [0.2, 0.25) is 0 Å². The van der Waals surface area contributed by atoms with Crippen LogP contribution < -0.4 is 4.90 Å². The summed E-state index contributed by atoms with van der Waals surface area (Å²) >= 11 is 0. The van der Waals surface area contributed by atoms with Crippen LogP contribution in [0.2, 0.25) is 0 Å². The minimum absolute atomic E-state index is 0.0998. The molecule has 4 aromatic rings. The number of carboxylic acids is 1. The Balaban J connectivity index is 1.61. The molecule has 0 atom stereocenters. The molecule has 0 saturated carbocycles. The molecule has 0 radical (unpaired) electrons. The van der Waals surface area contributed by atoms with E-state index in [9.17, 15) is 9.90 Å². The van der Waals surface area contributed by atoms with Crippen LogP contribution in [0.5, 0.6) is 5.75 Å². The number of hydrogen-bond acceptors (Lipinski definition) is 3. The molecule has 0 aliphatic heterocycles. The average Bonchev–Trinajstić information content (AvgIpc) is 2.80. The van der Waals surface area contributed by atoms with E-state index in [1.54, 1.807) is 6.07 Å². The van der Waals surface area contributed by atoms with Gasteiger partial charge >= 0.3 is 5.97 Å². The molecule has 0 fully saturated rings. The highest BCUT2D eigenvalue weighted by Crippen LogP contribution is 2.29. The molecule has 0 aliphatic rings. The first-order valence-corrected chi connectivity index (χ1v) is 10.1. The predicted octanol–water partition coefficient (Wildman–Crippen LogP) is 5.96. The second kappa shape index (κ2) is 9.18. The Bertz CT molecular complexity index is 1110. The first kappa shape index (κ1) is 20.2. The van der Waals surface area contributed by atoms with E-state index in [4.69, 9.17) is 5.11 Å². The maximum absolute atomic E-state index is 11.1. The summed E-state index contributed by atoms with van der Waals surface area (Å²) in [6.07, 6.45) is 0. The molecule has 0 aromatic heterocycles. The van der Waals surface area contributed by atoms with E-state index in [0.717, 1.165) is 29.9 Å². The standard InChI is InChI=1S/C27H23NO3/c29-26-17-23(13-16-25(26)27(30)31)22-11-14-24(15-12-22)28(18-20-7-3-1-4-8-20)19-21-9-5-2-6-10-21/h1-17,29H,18-19H2,(H,30,31). The quantitative estimate of drug-likeness (QED) is 0.395. The minimum atomic E-state index is -1.14. The first-order chi connectivity index (χ1) is 15.1. The number of aromatic hydroxyl groups is 1. The zero-order valence-corrected chi connectivity index (χ0v) is 17.0. The number of phenols is 1. The van der Waals surface area contributed by atoms with Crippen molar-refractivity contribution in [3.8, 4) is 16.9 Å². The maximum Gasteiger partial charge on any atom is 0.339 e. The fourth-order valence-corrected chi connectivity index (χ4v) is 3.60. The molecule has 0 aliphatic carbocycles. The van der Waals surface area contributed by atoms with Crippen LogP contribution in [0.4, 0.5) is 5.69 Å². The largest absolute Gasteiger partial charge is 0.507 e. The number of nitrogens with zero attached hydrogens (tertiary/aromatic N) is 1. The number of carboxylic acid groups (broad SMARTS) is 1. The molecule has 0 bridgehead atoms. The van der Waals surface area contributed by atoms with Gasteiger partial charge in [-0.2, -0.15) is 0 Å². The number of anilines is 1. The maximum atomic E-state index is 11.1. The molecule has 2 N–H and O–H groups in total. The van der Waals surface area contributed by atoms with Crippen molar-refractivity contribution in [3.05, 3.63) is 120 Å². The van der Waals surface area contributed by atoms with Crippen LogP contribution >= 0.6 is 0 Å². The van der Waals surface area contributed by atoms with E-state index in [1.807, 2.05) is 48.5 Å². The van der Waals surface area contributed by atoms with E-state index >= 15 is 0 Å². The number of rotatable bonds is 7. The Morgan fingerprint density at radius 3 is 1.68 bits per heavy atom. The number of carbonyl (C=O) groups is 1. The Kier molecular flexibility index (Phi) is 5.99. The van der Waals surface area contributed by atoms with E-state index in [-0.39, 0.29) is 11.3 Å². The summed E-state index contributed by atoms with van der Waals surface area (Å²) in [4.78, 5) is 13.4. The lowest BCUT2D eigenvalue weighted by Crippen LogP contribution is -2.22. The van der Waals surface area contributed by atoms with Gasteiger partial charge < -0.3 is 15.1 Å². The van der Waals surface area contributed by atoms with Gasteiger partial charge in [0.15, 0.2) is 0 Å². The van der Waals surface area contributed by atoms with Gasteiger partial charge in [-0.05, 0) is 46.5 Å². The average molecular weight is 409 g/mol.